The number of anilines is 2. The molecule has 0 saturated carbocycles. The molecule has 1 amide bonds. The van der Waals surface area contributed by atoms with Crippen molar-refractivity contribution >= 4 is 17.3 Å². The van der Waals surface area contributed by atoms with Crippen LogP contribution in [-0.2, 0) is 4.79 Å². The summed E-state index contributed by atoms with van der Waals surface area (Å²) in [7, 11) is 1.83. The van der Waals surface area contributed by atoms with Crippen molar-refractivity contribution in [3.63, 3.8) is 0 Å². The molecule has 1 rings (SSSR count). The second-order valence-corrected chi connectivity index (χ2v) is 3.87. The average molecular weight is 236 g/mol. The van der Waals surface area contributed by atoms with Gasteiger partial charge in [-0.3, -0.25) is 9.78 Å². The van der Waals surface area contributed by atoms with Crippen molar-refractivity contribution in [1.82, 2.24) is 10.3 Å². The largest absolute Gasteiger partial charge is 0.387 e. The summed E-state index contributed by atoms with van der Waals surface area (Å²) in [6, 6.07) is 1.65. The highest BCUT2D eigenvalue weighted by atomic mass is 16.2. The maximum Gasteiger partial charge on any atom is 0.242 e. The maximum atomic E-state index is 11.7. The molecule has 0 saturated heterocycles. The van der Waals surface area contributed by atoms with Crippen molar-refractivity contribution in [2.75, 3.05) is 24.2 Å². The van der Waals surface area contributed by atoms with Crippen LogP contribution in [-0.4, -0.2) is 30.5 Å². The molecule has 1 aromatic rings. The molecule has 1 aromatic heterocycles. The van der Waals surface area contributed by atoms with E-state index in [0.717, 1.165) is 17.8 Å². The van der Waals surface area contributed by atoms with E-state index < -0.39 is 0 Å². The molecule has 0 aliphatic rings. The number of nitrogens with zero attached hydrogens (tertiary/aromatic N) is 1. The zero-order valence-corrected chi connectivity index (χ0v) is 10.6. The van der Waals surface area contributed by atoms with Crippen LogP contribution in [0.4, 0.5) is 11.4 Å². The fourth-order valence-corrected chi connectivity index (χ4v) is 1.37. The molecule has 1 atom stereocenters. The summed E-state index contributed by atoms with van der Waals surface area (Å²) < 4.78 is 0. The van der Waals surface area contributed by atoms with Gasteiger partial charge in [-0.1, -0.05) is 6.92 Å². The van der Waals surface area contributed by atoms with Gasteiger partial charge in [0.15, 0.2) is 0 Å². The molecule has 1 unspecified atom stereocenters. The van der Waals surface area contributed by atoms with Gasteiger partial charge >= 0.3 is 0 Å². The number of pyridine rings is 1. The van der Waals surface area contributed by atoms with Crippen LogP contribution in [0, 0.1) is 0 Å². The Hall–Kier alpha value is -1.78. The Morgan fingerprint density at radius 3 is 2.76 bits per heavy atom. The highest BCUT2D eigenvalue weighted by Gasteiger charge is 2.11. The molecule has 0 radical (unpaired) electrons. The van der Waals surface area contributed by atoms with E-state index in [1.54, 1.807) is 12.4 Å². The van der Waals surface area contributed by atoms with E-state index in [-0.39, 0.29) is 11.9 Å². The van der Waals surface area contributed by atoms with Gasteiger partial charge in [0.1, 0.15) is 6.04 Å². The molecule has 0 aliphatic heterocycles. The van der Waals surface area contributed by atoms with Crippen molar-refractivity contribution in [2.45, 2.75) is 26.3 Å². The Labute approximate surface area is 102 Å². The SMILES string of the molecule is CCCNC(=O)C(C)Nc1cncc(NC)c1. The Bertz CT molecular complexity index is 367. The molecule has 5 nitrogen and oxygen atoms in total. The third-order valence-corrected chi connectivity index (χ3v) is 2.35. The minimum atomic E-state index is -0.268. The predicted octanol–water partition coefficient (Wildman–Crippen LogP) is 1.45. The lowest BCUT2D eigenvalue weighted by molar-refractivity contribution is -0.121. The third kappa shape index (κ3) is 4.30. The summed E-state index contributed by atoms with van der Waals surface area (Å²) in [5, 5.41) is 8.96. The van der Waals surface area contributed by atoms with Gasteiger partial charge in [0.05, 0.1) is 23.8 Å². The average Bonchev–Trinajstić information content (AvgIpc) is 2.36. The first kappa shape index (κ1) is 13.3. The molecule has 0 spiro atoms. The minimum Gasteiger partial charge on any atom is -0.387 e. The Morgan fingerprint density at radius 2 is 2.12 bits per heavy atom. The second kappa shape index (κ2) is 6.73. The van der Waals surface area contributed by atoms with E-state index in [1.165, 1.54) is 0 Å². The molecule has 0 aromatic carbocycles. The standard InChI is InChI=1S/C12H20N4O/c1-4-5-15-12(17)9(2)16-11-6-10(13-3)7-14-8-11/h6-9,13,16H,4-5H2,1-3H3,(H,15,17). The topological polar surface area (TPSA) is 66.0 Å². The van der Waals surface area contributed by atoms with E-state index in [4.69, 9.17) is 0 Å². The number of aromatic nitrogens is 1. The first-order valence-corrected chi connectivity index (χ1v) is 5.84. The monoisotopic (exact) mass is 236 g/mol. The third-order valence-electron chi connectivity index (χ3n) is 2.35. The van der Waals surface area contributed by atoms with Gasteiger partial charge in [-0.25, -0.2) is 0 Å². The number of carbonyl (C=O) groups is 1. The Morgan fingerprint density at radius 1 is 1.41 bits per heavy atom. The molecular weight excluding hydrogens is 216 g/mol. The van der Waals surface area contributed by atoms with Crippen molar-refractivity contribution in [1.29, 1.82) is 0 Å². The van der Waals surface area contributed by atoms with Gasteiger partial charge < -0.3 is 16.0 Å². The highest BCUT2D eigenvalue weighted by Crippen LogP contribution is 2.12. The summed E-state index contributed by atoms with van der Waals surface area (Å²) >= 11 is 0. The highest BCUT2D eigenvalue weighted by molar-refractivity contribution is 5.84. The van der Waals surface area contributed by atoms with E-state index in [1.807, 2.05) is 27.0 Å². The lowest BCUT2D eigenvalue weighted by Crippen LogP contribution is -2.37. The maximum absolute atomic E-state index is 11.7. The van der Waals surface area contributed by atoms with Crippen LogP contribution in [0.1, 0.15) is 20.3 Å². The Kier molecular flexibility index (Phi) is 5.26. The van der Waals surface area contributed by atoms with Crippen molar-refractivity contribution < 1.29 is 4.79 Å². The quantitative estimate of drug-likeness (QED) is 0.699. The van der Waals surface area contributed by atoms with Gasteiger partial charge in [-0.15, -0.1) is 0 Å². The van der Waals surface area contributed by atoms with Crippen LogP contribution < -0.4 is 16.0 Å². The second-order valence-electron chi connectivity index (χ2n) is 3.87. The molecular formula is C12H20N4O. The summed E-state index contributed by atoms with van der Waals surface area (Å²) in [5.41, 5.74) is 1.74. The smallest absolute Gasteiger partial charge is 0.242 e. The fourth-order valence-electron chi connectivity index (χ4n) is 1.37. The molecule has 0 fully saturated rings. The van der Waals surface area contributed by atoms with Crippen LogP contribution >= 0.6 is 0 Å². The minimum absolute atomic E-state index is 0.00158. The van der Waals surface area contributed by atoms with E-state index in [0.29, 0.717) is 6.54 Å². The van der Waals surface area contributed by atoms with Crippen LogP contribution in [0.15, 0.2) is 18.5 Å². The van der Waals surface area contributed by atoms with Gasteiger partial charge in [-0.2, -0.15) is 0 Å². The van der Waals surface area contributed by atoms with Crippen molar-refractivity contribution in [2.24, 2.45) is 0 Å². The first-order chi connectivity index (χ1) is 8.17. The lowest BCUT2D eigenvalue weighted by Gasteiger charge is -2.15. The molecule has 3 N–H and O–H groups in total. The Balaban J connectivity index is 2.54. The molecule has 5 heteroatoms. The number of nitrogens with one attached hydrogen (secondary N) is 3. The lowest BCUT2D eigenvalue weighted by atomic mass is 10.2. The van der Waals surface area contributed by atoms with Crippen LogP contribution in [0.5, 0.6) is 0 Å². The van der Waals surface area contributed by atoms with Gasteiger partial charge in [0.25, 0.3) is 0 Å². The zero-order chi connectivity index (χ0) is 12.7. The predicted molar refractivity (Wildman–Crippen MR) is 70.2 cm³/mol. The molecule has 17 heavy (non-hydrogen) atoms. The van der Waals surface area contributed by atoms with Gasteiger partial charge in [0, 0.05) is 13.6 Å². The summed E-state index contributed by atoms with van der Waals surface area (Å²) in [5.74, 6) is 0.00158. The molecule has 0 bridgehead atoms. The van der Waals surface area contributed by atoms with Gasteiger partial charge in [0.2, 0.25) is 5.91 Å². The fraction of sp³-hybridized carbons (Fsp3) is 0.500. The van der Waals surface area contributed by atoms with Crippen molar-refractivity contribution in [3.05, 3.63) is 18.5 Å². The van der Waals surface area contributed by atoms with E-state index in [2.05, 4.69) is 20.9 Å². The van der Waals surface area contributed by atoms with Crippen LogP contribution in [0.2, 0.25) is 0 Å². The number of hydrogen-bond acceptors (Lipinski definition) is 4. The number of carbonyl (C=O) groups excluding carboxylic acids is 1. The first-order valence-electron chi connectivity index (χ1n) is 5.84. The summed E-state index contributed by atoms with van der Waals surface area (Å²) in [6.07, 6.45) is 4.37. The molecule has 1 heterocycles. The van der Waals surface area contributed by atoms with Crippen LogP contribution in [0.3, 0.4) is 0 Å². The zero-order valence-electron chi connectivity index (χ0n) is 10.6. The molecule has 94 valence electrons. The number of rotatable bonds is 6. The van der Waals surface area contributed by atoms with E-state index >= 15 is 0 Å². The number of amides is 1. The van der Waals surface area contributed by atoms with Crippen molar-refractivity contribution in [3.8, 4) is 0 Å². The summed E-state index contributed by atoms with van der Waals surface area (Å²) in [6.45, 7) is 4.56. The molecule has 0 aliphatic carbocycles. The van der Waals surface area contributed by atoms with E-state index in [9.17, 15) is 4.79 Å². The normalized spacial score (nSPS) is 11.7. The van der Waals surface area contributed by atoms with Gasteiger partial charge in [-0.05, 0) is 19.4 Å². The van der Waals surface area contributed by atoms with Crippen LogP contribution in [0.25, 0.3) is 0 Å². The number of hydrogen-bond donors (Lipinski definition) is 3. The summed E-state index contributed by atoms with van der Waals surface area (Å²) in [4.78, 5) is 15.7.